The minimum atomic E-state index is -0.861. The Balaban J connectivity index is 1.49. The number of fused-ring (bicyclic) bond motifs is 5. The van der Waals surface area contributed by atoms with Crippen LogP contribution in [-0.4, -0.2) is 66.4 Å². The summed E-state index contributed by atoms with van der Waals surface area (Å²) in [6.07, 6.45) is 6.22. The fraction of sp³-hybridized carbons (Fsp3) is 0.692. The van der Waals surface area contributed by atoms with Gasteiger partial charge in [0.1, 0.15) is 11.4 Å². The number of aromatic hydroxyl groups is 1. The third kappa shape index (κ3) is 3.77. The van der Waals surface area contributed by atoms with Crippen LogP contribution < -0.4 is 0 Å². The maximum atomic E-state index is 11.7. The first-order valence-electron chi connectivity index (χ1n) is 11.6. The molecule has 0 bridgehead atoms. The third-order valence-corrected chi connectivity index (χ3v) is 8.43. The van der Waals surface area contributed by atoms with Crippen LogP contribution in [0.3, 0.4) is 0 Å². The van der Waals surface area contributed by atoms with E-state index in [0.29, 0.717) is 30.0 Å². The molecule has 0 spiro atoms. The monoisotopic (exact) mass is 410 g/mol. The molecule has 4 heteroatoms. The second kappa shape index (κ2) is 8.19. The molecular formula is C26H38N2O2. The SMILES string of the molecule is CN(C)CCN(C)CC#C[C@]1(O)CC[C@H]2[C@@H]3CCc4cc(O)ccc4[C@H]3CC[C@@]21C. The van der Waals surface area contributed by atoms with Gasteiger partial charge in [0, 0.05) is 18.5 Å². The number of hydrogen-bond donors (Lipinski definition) is 2. The van der Waals surface area contributed by atoms with Gasteiger partial charge in [0.25, 0.3) is 0 Å². The average molecular weight is 411 g/mol. The number of aryl methyl sites for hydroxylation is 1. The van der Waals surface area contributed by atoms with Gasteiger partial charge in [-0.1, -0.05) is 24.8 Å². The van der Waals surface area contributed by atoms with Crippen molar-refractivity contribution in [3.05, 3.63) is 29.3 Å². The first kappa shape index (κ1) is 21.7. The van der Waals surface area contributed by atoms with Crippen molar-refractivity contribution in [1.29, 1.82) is 0 Å². The van der Waals surface area contributed by atoms with Gasteiger partial charge in [-0.3, -0.25) is 4.90 Å². The number of aliphatic hydroxyl groups is 1. The van der Waals surface area contributed by atoms with Gasteiger partial charge in [-0.05, 0) is 101 Å². The van der Waals surface area contributed by atoms with Gasteiger partial charge in [0.2, 0.25) is 0 Å². The summed E-state index contributed by atoms with van der Waals surface area (Å²) in [6, 6.07) is 5.95. The van der Waals surface area contributed by atoms with E-state index in [1.807, 2.05) is 12.1 Å². The molecule has 0 aliphatic heterocycles. The van der Waals surface area contributed by atoms with Crippen molar-refractivity contribution in [2.75, 3.05) is 40.8 Å². The van der Waals surface area contributed by atoms with E-state index >= 15 is 0 Å². The van der Waals surface area contributed by atoms with Crippen molar-refractivity contribution in [2.45, 2.75) is 57.0 Å². The Labute approximate surface area is 182 Å². The maximum absolute atomic E-state index is 11.7. The number of rotatable bonds is 4. The normalized spacial score (nSPS) is 34.8. The molecule has 164 valence electrons. The number of phenolic OH excluding ortho intramolecular Hbond substituents is 1. The molecule has 4 rings (SSSR count). The quantitative estimate of drug-likeness (QED) is 0.746. The highest BCUT2D eigenvalue weighted by Gasteiger charge is 2.61. The second-order valence-corrected chi connectivity index (χ2v) is 10.5. The van der Waals surface area contributed by atoms with Crippen molar-refractivity contribution in [3.8, 4) is 17.6 Å². The predicted octanol–water partition coefficient (Wildman–Crippen LogP) is 3.48. The highest BCUT2D eigenvalue weighted by atomic mass is 16.3. The van der Waals surface area contributed by atoms with Crippen LogP contribution in [0.1, 0.15) is 56.1 Å². The summed E-state index contributed by atoms with van der Waals surface area (Å²) in [5.41, 5.74) is 1.79. The zero-order valence-corrected chi connectivity index (χ0v) is 19.1. The number of likely N-dealkylation sites (N-methyl/N-ethyl adjacent to an activating group) is 2. The third-order valence-electron chi connectivity index (χ3n) is 8.43. The van der Waals surface area contributed by atoms with Crippen LogP contribution in [0.2, 0.25) is 0 Å². The fourth-order valence-corrected chi connectivity index (χ4v) is 6.56. The van der Waals surface area contributed by atoms with Gasteiger partial charge >= 0.3 is 0 Å². The van der Waals surface area contributed by atoms with Crippen LogP contribution in [0.4, 0.5) is 0 Å². The summed E-state index contributed by atoms with van der Waals surface area (Å²) < 4.78 is 0. The number of hydrogen-bond acceptors (Lipinski definition) is 4. The van der Waals surface area contributed by atoms with Gasteiger partial charge in [-0.15, -0.1) is 0 Å². The Kier molecular flexibility index (Phi) is 5.92. The van der Waals surface area contributed by atoms with Crippen LogP contribution in [-0.2, 0) is 6.42 Å². The average Bonchev–Trinajstić information content (AvgIpc) is 2.97. The smallest absolute Gasteiger partial charge is 0.131 e. The molecule has 3 aliphatic rings. The van der Waals surface area contributed by atoms with E-state index in [9.17, 15) is 10.2 Å². The lowest BCUT2D eigenvalue weighted by Gasteiger charge is -2.52. The maximum Gasteiger partial charge on any atom is 0.131 e. The molecule has 4 nitrogen and oxygen atoms in total. The summed E-state index contributed by atoms with van der Waals surface area (Å²) in [4.78, 5) is 4.41. The minimum Gasteiger partial charge on any atom is -0.508 e. The molecule has 3 aliphatic carbocycles. The van der Waals surface area contributed by atoms with E-state index in [2.05, 4.69) is 55.8 Å². The number of nitrogens with zero attached hydrogens (tertiary/aromatic N) is 2. The summed E-state index contributed by atoms with van der Waals surface area (Å²) in [5.74, 6) is 8.79. The van der Waals surface area contributed by atoms with E-state index in [1.54, 1.807) is 0 Å². The molecule has 0 aromatic heterocycles. The number of benzene rings is 1. The largest absolute Gasteiger partial charge is 0.508 e. The molecule has 1 aromatic carbocycles. The first-order valence-corrected chi connectivity index (χ1v) is 11.6. The molecule has 0 unspecified atom stereocenters. The Morgan fingerprint density at radius 3 is 2.67 bits per heavy atom. The van der Waals surface area contributed by atoms with Crippen molar-refractivity contribution in [2.24, 2.45) is 17.3 Å². The van der Waals surface area contributed by atoms with Crippen LogP contribution in [0, 0.1) is 29.1 Å². The molecule has 2 N–H and O–H groups in total. The first-order chi connectivity index (χ1) is 14.2. The Morgan fingerprint density at radius 2 is 1.90 bits per heavy atom. The van der Waals surface area contributed by atoms with E-state index in [0.717, 1.165) is 51.6 Å². The lowest BCUT2D eigenvalue weighted by atomic mass is 9.53. The molecule has 1 aromatic rings. The number of phenols is 1. The van der Waals surface area contributed by atoms with E-state index in [4.69, 9.17) is 0 Å². The van der Waals surface area contributed by atoms with Gasteiger partial charge in [-0.2, -0.15) is 0 Å². The lowest BCUT2D eigenvalue weighted by Crippen LogP contribution is -2.50. The standard InChI is InChI=1S/C26H38N2O2/c1-25-13-10-22-21-9-7-20(29)18-19(21)6-8-23(22)24(25)11-14-26(25,30)12-5-15-28(4)17-16-27(2)3/h7,9,18,22-24,29-30H,6,8,10-11,13-17H2,1-4H3/t22-,23-,24+,25+,26+/m1/s1. The van der Waals surface area contributed by atoms with E-state index in [1.165, 1.54) is 11.1 Å². The van der Waals surface area contributed by atoms with Gasteiger partial charge in [-0.25, -0.2) is 0 Å². The Bertz CT molecular complexity index is 841. The molecule has 0 heterocycles. The highest BCUT2D eigenvalue weighted by Crippen LogP contribution is 2.64. The van der Waals surface area contributed by atoms with Crippen LogP contribution in [0.25, 0.3) is 0 Å². The van der Waals surface area contributed by atoms with Gasteiger partial charge < -0.3 is 15.1 Å². The molecule has 2 saturated carbocycles. The molecule has 0 saturated heterocycles. The molecule has 0 amide bonds. The summed E-state index contributed by atoms with van der Waals surface area (Å²) in [7, 11) is 6.28. The lowest BCUT2D eigenvalue weighted by molar-refractivity contribution is -0.0648. The van der Waals surface area contributed by atoms with Gasteiger partial charge in [0.05, 0.1) is 6.54 Å². The van der Waals surface area contributed by atoms with Crippen LogP contribution in [0.15, 0.2) is 18.2 Å². The predicted molar refractivity (Wildman–Crippen MR) is 122 cm³/mol. The molecular weight excluding hydrogens is 372 g/mol. The molecule has 2 fully saturated rings. The molecule has 5 atom stereocenters. The molecule has 30 heavy (non-hydrogen) atoms. The van der Waals surface area contributed by atoms with Crippen molar-refractivity contribution in [3.63, 3.8) is 0 Å². The van der Waals surface area contributed by atoms with Crippen molar-refractivity contribution >= 4 is 0 Å². The zero-order chi connectivity index (χ0) is 21.5. The van der Waals surface area contributed by atoms with Gasteiger partial charge in [0.15, 0.2) is 0 Å². The fourth-order valence-electron chi connectivity index (χ4n) is 6.56. The summed E-state index contributed by atoms with van der Waals surface area (Å²) in [6.45, 7) is 5.01. The van der Waals surface area contributed by atoms with Crippen molar-refractivity contribution in [1.82, 2.24) is 9.80 Å². The summed E-state index contributed by atoms with van der Waals surface area (Å²) in [5, 5.41) is 21.5. The second-order valence-electron chi connectivity index (χ2n) is 10.5. The topological polar surface area (TPSA) is 46.9 Å². The van der Waals surface area contributed by atoms with E-state index in [-0.39, 0.29) is 5.41 Å². The Morgan fingerprint density at radius 1 is 1.10 bits per heavy atom. The summed E-state index contributed by atoms with van der Waals surface area (Å²) >= 11 is 0. The highest BCUT2D eigenvalue weighted by molar-refractivity contribution is 5.40. The minimum absolute atomic E-state index is 0.113. The van der Waals surface area contributed by atoms with E-state index < -0.39 is 5.60 Å². The van der Waals surface area contributed by atoms with Crippen LogP contribution >= 0.6 is 0 Å². The van der Waals surface area contributed by atoms with Crippen molar-refractivity contribution < 1.29 is 10.2 Å². The molecule has 0 radical (unpaired) electrons. The zero-order valence-electron chi connectivity index (χ0n) is 19.1. The Hall–Kier alpha value is -1.54. The van der Waals surface area contributed by atoms with Crippen LogP contribution in [0.5, 0.6) is 5.75 Å².